The van der Waals surface area contributed by atoms with E-state index < -0.39 is 17.8 Å². The number of rotatable bonds is 4. The number of ether oxygens (including phenoxy) is 1. The molecule has 0 amide bonds. The fraction of sp³-hybridized carbons (Fsp3) is 0.462. The summed E-state index contributed by atoms with van der Waals surface area (Å²) in [6, 6.07) is 3.53. The summed E-state index contributed by atoms with van der Waals surface area (Å²) in [4.78, 5) is 7.82. The van der Waals surface area contributed by atoms with Gasteiger partial charge in [-0.1, -0.05) is 0 Å². The Morgan fingerprint density at radius 2 is 2.38 bits per heavy atom. The molecular formula is C13H17N5O3. The third-order valence-electron chi connectivity index (χ3n) is 3.87. The summed E-state index contributed by atoms with van der Waals surface area (Å²) in [7, 11) is 0. The Hall–Kier alpha value is -2.03. The molecule has 3 rings (SSSR count). The molecule has 21 heavy (non-hydrogen) atoms. The Kier molecular flexibility index (Phi) is 3.36. The quantitative estimate of drug-likeness (QED) is 0.644. The van der Waals surface area contributed by atoms with Crippen molar-refractivity contribution in [2.75, 3.05) is 18.9 Å². The standard InChI is InChI=1S/C13H17N5O3/c1-15-6-13(11(20)4-8(5-19)21-13)10-3-2-9-12(14)16-7-17-18(9)10/h2-3,7-8,11,19-20H,1,4-6H2,(H2,14,16,17)/t8-,11+,13-/m0/s1. The third kappa shape index (κ3) is 1.99. The van der Waals surface area contributed by atoms with Gasteiger partial charge in [-0.2, -0.15) is 5.10 Å². The Morgan fingerprint density at radius 3 is 3.05 bits per heavy atom. The average Bonchev–Trinajstić information content (AvgIpc) is 3.03. The molecule has 1 aliphatic rings. The van der Waals surface area contributed by atoms with E-state index in [9.17, 15) is 10.2 Å². The number of aromatic nitrogens is 3. The Bertz CT molecular complexity index is 673. The minimum atomic E-state index is -1.09. The van der Waals surface area contributed by atoms with E-state index in [1.165, 1.54) is 6.33 Å². The Labute approximate surface area is 120 Å². The zero-order valence-electron chi connectivity index (χ0n) is 11.4. The lowest BCUT2D eigenvalue weighted by molar-refractivity contribution is -0.0944. The summed E-state index contributed by atoms with van der Waals surface area (Å²) in [5, 5.41) is 23.9. The van der Waals surface area contributed by atoms with Crippen molar-refractivity contribution in [3.63, 3.8) is 0 Å². The number of fused-ring (bicyclic) bond motifs is 1. The minimum Gasteiger partial charge on any atom is -0.394 e. The lowest BCUT2D eigenvalue weighted by Crippen LogP contribution is -2.41. The number of nitrogens with zero attached hydrogens (tertiary/aromatic N) is 4. The molecule has 112 valence electrons. The van der Waals surface area contributed by atoms with Crippen LogP contribution in [0.3, 0.4) is 0 Å². The van der Waals surface area contributed by atoms with Gasteiger partial charge in [0.2, 0.25) is 0 Å². The second kappa shape index (κ2) is 5.06. The highest BCUT2D eigenvalue weighted by atomic mass is 16.5. The van der Waals surface area contributed by atoms with Gasteiger partial charge in [-0.15, -0.1) is 0 Å². The minimum absolute atomic E-state index is 0.153. The van der Waals surface area contributed by atoms with Crippen molar-refractivity contribution in [2.24, 2.45) is 4.99 Å². The fourth-order valence-electron chi connectivity index (χ4n) is 2.87. The second-order valence-corrected chi connectivity index (χ2v) is 5.11. The van der Waals surface area contributed by atoms with Crippen LogP contribution in [0.1, 0.15) is 12.1 Å². The molecule has 8 heteroatoms. The number of nitrogen functional groups attached to an aromatic ring is 1. The molecular weight excluding hydrogens is 274 g/mol. The van der Waals surface area contributed by atoms with E-state index in [0.29, 0.717) is 23.4 Å². The van der Waals surface area contributed by atoms with Crippen LogP contribution in [0, 0.1) is 0 Å². The Morgan fingerprint density at radius 1 is 1.57 bits per heavy atom. The molecule has 0 aliphatic carbocycles. The third-order valence-corrected chi connectivity index (χ3v) is 3.87. The lowest BCUT2D eigenvalue weighted by atomic mass is 9.92. The van der Waals surface area contributed by atoms with Gasteiger partial charge in [-0.05, 0) is 18.9 Å². The summed E-state index contributed by atoms with van der Waals surface area (Å²) in [6.45, 7) is 3.47. The summed E-state index contributed by atoms with van der Waals surface area (Å²) in [6.07, 6.45) is 0.381. The van der Waals surface area contributed by atoms with Gasteiger partial charge in [0.25, 0.3) is 0 Å². The maximum absolute atomic E-state index is 10.5. The molecule has 0 bridgehead atoms. The van der Waals surface area contributed by atoms with Gasteiger partial charge in [-0.25, -0.2) is 9.50 Å². The van der Waals surface area contributed by atoms with Crippen molar-refractivity contribution in [1.82, 2.24) is 14.6 Å². The number of anilines is 1. The number of aliphatic imine (C=N–C) groups is 1. The summed E-state index contributed by atoms with van der Waals surface area (Å²) in [5.41, 5.74) is 5.97. The van der Waals surface area contributed by atoms with Crippen molar-refractivity contribution in [3.8, 4) is 0 Å². The van der Waals surface area contributed by atoms with Crippen molar-refractivity contribution in [3.05, 3.63) is 24.2 Å². The van der Waals surface area contributed by atoms with E-state index in [1.54, 1.807) is 16.6 Å². The summed E-state index contributed by atoms with van der Waals surface area (Å²) < 4.78 is 7.47. The van der Waals surface area contributed by atoms with E-state index >= 15 is 0 Å². The zero-order valence-corrected chi connectivity index (χ0v) is 11.4. The van der Waals surface area contributed by atoms with Gasteiger partial charge in [-0.3, -0.25) is 4.99 Å². The van der Waals surface area contributed by atoms with Crippen molar-refractivity contribution in [1.29, 1.82) is 0 Å². The van der Waals surface area contributed by atoms with Crippen LogP contribution >= 0.6 is 0 Å². The van der Waals surface area contributed by atoms with Crippen molar-refractivity contribution < 1.29 is 14.9 Å². The van der Waals surface area contributed by atoms with Crippen LogP contribution in [0.25, 0.3) is 5.52 Å². The molecule has 0 radical (unpaired) electrons. The van der Waals surface area contributed by atoms with Gasteiger partial charge in [0.05, 0.1) is 31.1 Å². The first-order valence-electron chi connectivity index (χ1n) is 6.60. The highest BCUT2D eigenvalue weighted by Gasteiger charge is 2.50. The highest BCUT2D eigenvalue weighted by molar-refractivity contribution is 5.65. The molecule has 2 aromatic heterocycles. The number of nitrogens with two attached hydrogens (primary N) is 1. The molecule has 0 aromatic carbocycles. The normalized spacial score (nSPS) is 29.0. The van der Waals surface area contributed by atoms with Gasteiger partial charge >= 0.3 is 0 Å². The largest absolute Gasteiger partial charge is 0.394 e. The molecule has 0 unspecified atom stereocenters. The van der Waals surface area contributed by atoms with E-state index in [-0.39, 0.29) is 13.2 Å². The van der Waals surface area contributed by atoms with E-state index in [4.69, 9.17) is 10.5 Å². The highest BCUT2D eigenvalue weighted by Crippen LogP contribution is 2.40. The first kappa shape index (κ1) is 13.9. The maximum atomic E-state index is 10.5. The molecule has 0 saturated carbocycles. The van der Waals surface area contributed by atoms with Crippen LogP contribution in [0.4, 0.5) is 5.82 Å². The van der Waals surface area contributed by atoms with Gasteiger partial charge in [0.15, 0.2) is 11.4 Å². The average molecular weight is 291 g/mol. The molecule has 8 nitrogen and oxygen atoms in total. The molecule has 1 aliphatic heterocycles. The number of aliphatic hydroxyl groups is 2. The van der Waals surface area contributed by atoms with Crippen LogP contribution in [-0.2, 0) is 10.3 Å². The van der Waals surface area contributed by atoms with Crippen LogP contribution in [0.5, 0.6) is 0 Å². The molecule has 3 atom stereocenters. The predicted octanol–water partition coefficient (Wildman–Crippen LogP) is -0.651. The summed E-state index contributed by atoms with van der Waals surface area (Å²) in [5.74, 6) is 0.337. The van der Waals surface area contributed by atoms with E-state index in [1.807, 2.05) is 0 Å². The van der Waals surface area contributed by atoms with Gasteiger partial charge in [0.1, 0.15) is 11.8 Å². The van der Waals surface area contributed by atoms with E-state index in [2.05, 4.69) is 21.8 Å². The first-order chi connectivity index (χ1) is 10.1. The molecule has 0 spiro atoms. The maximum Gasteiger partial charge on any atom is 0.155 e. The SMILES string of the molecule is C=NC[C@@]1(c2ccc3c(N)ncnn23)O[C@H](CO)C[C@H]1O. The monoisotopic (exact) mass is 291 g/mol. The molecule has 2 aromatic rings. The summed E-state index contributed by atoms with van der Waals surface area (Å²) >= 11 is 0. The van der Waals surface area contributed by atoms with E-state index in [0.717, 1.165) is 0 Å². The Balaban J connectivity index is 2.16. The lowest BCUT2D eigenvalue weighted by Gasteiger charge is -2.30. The van der Waals surface area contributed by atoms with Crippen molar-refractivity contribution >= 4 is 18.1 Å². The predicted molar refractivity (Wildman–Crippen MR) is 76.1 cm³/mol. The van der Waals surface area contributed by atoms with Crippen LogP contribution in [0.15, 0.2) is 23.5 Å². The van der Waals surface area contributed by atoms with Crippen LogP contribution in [0.2, 0.25) is 0 Å². The number of aliphatic hydroxyl groups excluding tert-OH is 2. The van der Waals surface area contributed by atoms with Gasteiger partial charge in [0, 0.05) is 6.42 Å². The fourth-order valence-corrected chi connectivity index (χ4v) is 2.87. The first-order valence-corrected chi connectivity index (χ1v) is 6.60. The van der Waals surface area contributed by atoms with Crippen LogP contribution < -0.4 is 5.73 Å². The molecule has 1 fully saturated rings. The smallest absolute Gasteiger partial charge is 0.155 e. The molecule has 1 saturated heterocycles. The second-order valence-electron chi connectivity index (χ2n) is 5.11. The number of hydrogen-bond donors (Lipinski definition) is 3. The van der Waals surface area contributed by atoms with Gasteiger partial charge < -0.3 is 20.7 Å². The molecule has 4 N–H and O–H groups in total. The van der Waals surface area contributed by atoms with Crippen molar-refractivity contribution in [2.45, 2.75) is 24.2 Å². The zero-order chi connectivity index (χ0) is 15.0. The number of hydrogen-bond acceptors (Lipinski definition) is 7. The topological polar surface area (TPSA) is 118 Å². The molecule has 3 heterocycles. The van der Waals surface area contributed by atoms with Crippen LogP contribution in [-0.4, -0.2) is 56.9 Å².